The molecule has 5 saturated heterocycles. The van der Waals surface area contributed by atoms with Crippen molar-refractivity contribution in [3.63, 3.8) is 0 Å². The lowest BCUT2D eigenvalue weighted by molar-refractivity contribution is -0.252. The highest BCUT2D eigenvalue weighted by atomic mass is 16.7. The molecule has 0 aromatic carbocycles. The van der Waals surface area contributed by atoms with Gasteiger partial charge >= 0.3 is 11.9 Å². The second-order valence-corrected chi connectivity index (χ2v) is 19.1. The Kier molecular flexibility index (Phi) is 7.31. The van der Waals surface area contributed by atoms with Gasteiger partial charge < -0.3 is 44.2 Å². The summed E-state index contributed by atoms with van der Waals surface area (Å²) >= 11 is 0. The highest BCUT2D eigenvalue weighted by molar-refractivity contribution is 5.92. The van der Waals surface area contributed by atoms with E-state index in [0.717, 1.165) is 38.0 Å². The molecule has 16 atom stereocenters. The molecule has 284 valence electrons. The maximum Gasteiger partial charge on any atom is 0.339 e. The standard InChI is InChI=1S/C40H54N2O10/c1-36(2)31-30(45)32(46)38(4)27(39(31)17-49-29(44)15-28(39)51-36)7-9-37(3)33(50-35(47)34-40(37,38)52-34)23-8-10-48-26(23)14-22-12-21-11-20(24-16-41-18-42-24)6-5-19(21)13-25(22)43/h8,10,19-22,24-25,27-28,31-34,41-43,46H,5-7,9,11-18H2,1-4H3. The summed E-state index contributed by atoms with van der Waals surface area (Å²) in [5, 5.41) is 30.8. The molecule has 0 bridgehead atoms. The fourth-order valence-electron chi connectivity index (χ4n) is 14.5. The van der Waals surface area contributed by atoms with Crippen LogP contribution in [0.25, 0.3) is 0 Å². The first kappa shape index (κ1) is 34.2. The van der Waals surface area contributed by atoms with Crippen LogP contribution in [0.1, 0.15) is 96.5 Å². The number of carbonyl (C=O) groups excluding carboxylic acids is 3. The predicted octanol–water partition coefficient (Wildman–Crippen LogP) is 2.97. The quantitative estimate of drug-likeness (QED) is 0.265. The molecule has 10 rings (SSSR count). The van der Waals surface area contributed by atoms with Gasteiger partial charge in [-0.05, 0) is 94.4 Å². The smallest absolute Gasteiger partial charge is 0.339 e. The highest BCUT2D eigenvalue weighted by Crippen LogP contribution is 2.80. The van der Waals surface area contributed by atoms with Crippen molar-refractivity contribution >= 4 is 17.7 Å². The summed E-state index contributed by atoms with van der Waals surface area (Å²) in [5.74, 6) is 0.252. The maximum atomic E-state index is 14.6. The highest BCUT2D eigenvalue weighted by Gasteiger charge is 2.90. The second-order valence-electron chi connectivity index (χ2n) is 19.1. The Labute approximate surface area is 304 Å². The molecule has 1 aromatic rings. The van der Waals surface area contributed by atoms with Crippen LogP contribution < -0.4 is 10.6 Å². The molecule has 4 aliphatic carbocycles. The first-order valence-electron chi connectivity index (χ1n) is 19.9. The van der Waals surface area contributed by atoms with Crippen LogP contribution in [0.5, 0.6) is 0 Å². The topological polar surface area (TPSA) is 169 Å². The molecule has 4 saturated carbocycles. The van der Waals surface area contributed by atoms with Crippen molar-refractivity contribution in [3.8, 4) is 0 Å². The number of fused-ring (bicyclic) bond motifs is 2. The number of cyclic esters (lactones) is 2. The van der Waals surface area contributed by atoms with Crippen LogP contribution in [-0.4, -0.2) is 89.4 Å². The number of esters is 2. The number of epoxide rings is 1. The van der Waals surface area contributed by atoms with Crippen LogP contribution >= 0.6 is 0 Å². The number of hydrogen-bond acceptors (Lipinski definition) is 12. The summed E-state index contributed by atoms with van der Waals surface area (Å²) in [6, 6.07) is 2.40. The number of Topliss-reactive ketones (excluding diaryl/α,β-unsaturated/α-hetero) is 1. The van der Waals surface area contributed by atoms with Gasteiger partial charge in [0.15, 0.2) is 11.9 Å². The molecule has 52 heavy (non-hydrogen) atoms. The molecular formula is C40H54N2O10. The fourth-order valence-corrected chi connectivity index (χ4v) is 14.5. The third-order valence-electron chi connectivity index (χ3n) is 16.7. The summed E-state index contributed by atoms with van der Waals surface area (Å²) in [4.78, 5) is 41.1. The monoisotopic (exact) mass is 722 g/mol. The van der Waals surface area contributed by atoms with Crippen LogP contribution in [0.3, 0.4) is 0 Å². The lowest BCUT2D eigenvalue weighted by Crippen LogP contribution is -2.76. The van der Waals surface area contributed by atoms with E-state index in [2.05, 4.69) is 17.6 Å². The summed E-state index contributed by atoms with van der Waals surface area (Å²) in [6.07, 6.45) is 4.58. The number of rotatable bonds is 4. The Balaban J connectivity index is 0.973. The minimum absolute atomic E-state index is 0.0179. The van der Waals surface area contributed by atoms with Crippen LogP contribution in [0, 0.1) is 51.8 Å². The van der Waals surface area contributed by atoms with Crippen LogP contribution in [-0.2, 0) is 39.8 Å². The molecule has 1 aromatic heterocycles. The van der Waals surface area contributed by atoms with E-state index in [1.54, 1.807) is 6.26 Å². The Morgan fingerprint density at radius 3 is 2.54 bits per heavy atom. The van der Waals surface area contributed by atoms with Crippen LogP contribution in [0.2, 0.25) is 0 Å². The number of hydrogen-bond donors (Lipinski definition) is 4. The molecule has 9 aliphatic rings. The van der Waals surface area contributed by atoms with Crippen molar-refractivity contribution in [2.45, 2.75) is 133 Å². The van der Waals surface area contributed by atoms with Gasteiger partial charge in [-0.3, -0.25) is 9.59 Å². The summed E-state index contributed by atoms with van der Waals surface area (Å²) in [7, 11) is 0. The summed E-state index contributed by atoms with van der Waals surface area (Å²) < 4.78 is 31.5. The zero-order chi connectivity index (χ0) is 36.2. The Hall–Kier alpha value is -2.35. The zero-order valence-corrected chi connectivity index (χ0v) is 30.7. The lowest BCUT2D eigenvalue weighted by Gasteiger charge is -2.66. The van der Waals surface area contributed by atoms with Gasteiger partial charge in [0.25, 0.3) is 0 Å². The third-order valence-corrected chi connectivity index (χ3v) is 16.7. The molecule has 2 spiro atoms. The first-order chi connectivity index (χ1) is 24.8. The van der Waals surface area contributed by atoms with Gasteiger partial charge in [0.05, 0.1) is 36.4 Å². The molecule has 12 heteroatoms. The second kappa shape index (κ2) is 11.1. The van der Waals surface area contributed by atoms with Crippen molar-refractivity contribution in [3.05, 3.63) is 23.7 Å². The SMILES string of the molecule is CC1(C)OC2CC(=O)OCC23C1C(=O)C(O)C1(C)C3CCC2(C)C(c3ccoc3CC3CC4CC(C5CNCN5)CCC4CC3O)OC(=O)C3OC321. The fraction of sp³-hybridized carbons (Fsp3) is 0.825. The zero-order valence-electron chi connectivity index (χ0n) is 30.7. The molecule has 6 heterocycles. The number of aliphatic hydroxyl groups is 2. The largest absolute Gasteiger partial charge is 0.469 e. The van der Waals surface area contributed by atoms with Crippen molar-refractivity contribution in [1.82, 2.24) is 10.6 Å². The van der Waals surface area contributed by atoms with Crippen molar-refractivity contribution in [2.75, 3.05) is 19.8 Å². The number of ketones is 1. The normalized spacial score (nSPS) is 53.0. The van der Waals surface area contributed by atoms with E-state index in [0.29, 0.717) is 48.8 Å². The molecule has 12 nitrogen and oxygen atoms in total. The Bertz CT molecular complexity index is 1690. The molecule has 9 fully saturated rings. The van der Waals surface area contributed by atoms with Crippen molar-refractivity contribution in [1.29, 1.82) is 0 Å². The molecule has 0 amide bonds. The van der Waals surface area contributed by atoms with Crippen LogP contribution in [0.4, 0.5) is 0 Å². The lowest BCUT2D eigenvalue weighted by atomic mass is 9.36. The number of furan rings is 1. The maximum absolute atomic E-state index is 14.6. The van der Waals surface area contributed by atoms with Crippen molar-refractivity contribution in [2.24, 2.45) is 51.8 Å². The van der Waals surface area contributed by atoms with Crippen molar-refractivity contribution < 1.29 is 48.0 Å². The van der Waals surface area contributed by atoms with E-state index in [1.807, 2.05) is 26.8 Å². The average molecular weight is 723 g/mol. The number of ether oxygens (including phenoxy) is 4. The average Bonchev–Trinajstić information content (AvgIpc) is 3.36. The number of carbonyl (C=O) groups is 3. The van der Waals surface area contributed by atoms with Gasteiger partial charge in [0.2, 0.25) is 0 Å². The van der Waals surface area contributed by atoms with Gasteiger partial charge in [-0.2, -0.15) is 0 Å². The summed E-state index contributed by atoms with van der Waals surface area (Å²) in [6.45, 7) is 9.64. The van der Waals surface area contributed by atoms with Crippen LogP contribution in [0.15, 0.2) is 16.7 Å². The van der Waals surface area contributed by atoms with Gasteiger partial charge in [0, 0.05) is 47.5 Å². The van der Waals surface area contributed by atoms with E-state index < -0.39 is 69.9 Å². The molecule has 0 radical (unpaired) electrons. The molecular weight excluding hydrogens is 668 g/mol. The molecule has 16 unspecified atom stereocenters. The van der Waals surface area contributed by atoms with E-state index in [-0.39, 0.29) is 36.6 Å². The number of aliphatic hydroxyl groups excluding tert-OH is 2. The van der Waals surface area contributed by atoms with E-state index in [1.165, 1.54) is 12.8 Å². The predicted molar refractivity (Wildman–Crippen MR) is 182 cm³/mol. The number of nitrogens with one attached hydrogen (secondary N) is 2. The molecule has 4 N–H and O–H groups in total. The minimum atomic E-state index is -1.42. The first-order valence-corrected chi connectivity index (χ1v) is 19.9. The molecule has 5 aliphatic heterocycles. The van der Waals surface area contributed by atoms with Gasteiger partial charge in [0.1, 0.15) is 30.2 Å². The third kappa shape index (κ3) is 4.17. The Morgan fingerprint density at radius 2 is 1.75 bits per heavy atom. The van der Waals surface area contributed by atoms with E-state index >= 15 is 0 Å². The van der Waals surface area contributed by atoms with Gasteiger partial charge in [-0.25, -0.2) is 4.79 Å². The Morgan fingerprint density at radius 1 is 0.942 bits per heavy atom. The minimum Gasteiger partial charge on any atom is -0.469 e. The van der Waals surface area contributed by atoms with Gasteiger partial charge in [-0.15, -0.1) is 0 Å². The van der Waals surface area contributed by atoms with E-state index in [4.69, 9.17) is 23.4 Å². The van der Waals surface area contributed by atoms with E-state index in [9.17, 15) is 24.6 Å². The van der Waals surface area contributed by atoms with Gasteiger partial charge in [-0.1, -0.05) is 13.8 Å². The summed E-state index contributed by atoms with van der Waals surface area (Å²) in [5.41, 5.74) is -4.21.